The van der Waals surface area contributed by atoms with Crippen LogP contribution in [0.25, 0.3) is 11.4 Å². The monoisotopic (exact) mass is 313 g/mol. The number of halogens is 2. The molecule has 4 nitrogen and oxygen atoms in total. The summed E-state index contributed by atoms with van der Waals surface area (Å²) in [6.07, 6.45) is 0. The van der Waals surface area contributed by atoms with Crippen molar-refractivity contribution in [2.24, 2.45) is 0 Å². The zero-order valence-electron chi connectivity index (χ0n) is 10.1. The number of nitrogens with one attached hydrogen (secondary N) is 1. The molecule has 0 aliphatic carbocycles. The van der Waals surface area contributed by atoms with E-state index in [2.05, 4.69) is 31.4 Å². The number of hydrogen-bond acceptors (Lipinski definition) is 4. The van der Waals surface area contributed by atoms with Crippen molar-refractivity contribution < 1.29 is 8.91 Å². The Hall–Kier alpha value is -1.27. The average molecular weight is 314 g/mol. The van der Waals surface area contributed by atoms with Crippen LogP contribution in [0.4, 0.5) is 4.39 Å². The van der Waals surface area contributed by atoms with Crippen LogP contribution >= 0.6 is 15.9 Å². The number of rotatable bonds is 4. The van der Waals surface area contributed by atoms with E-state index in [4.69, 9.17) is 4.52 Å². The van der Waals surface area contributed by atoms with Crippen molar-refractivity contribution >= 4 is 15.9 Å². The zero-order valence-corrected chi connectivity index (χ0v) is 11.7. The minimum Gasteiger partial charge on any atom is -0.337 e. The van der Waals surface area contributed by atoms with Crippen molar-refractivity contribution in [3.8, 4) is 11.4 Å². The van der Waals surface area contributed by atoms with Gasteiger partial charge in [-0.05, 0) is 47.6 Å². The van der Waals surface area contributed by atoms with E-state index in [0.717, 1.165) is 6.54 Å². The predicted octanol–water partition coefficient (Wildman–Crippen LogP) is 3.31. The van der Waals surface area contributed by atoms with Gasteiger partial charge in [0.15, 0.2) is 0 Å². The quantitative estimate of drug-likeness (QED) is 0.941. The normalized spacial score (nSPS) is 12.7. The van der Waals surface area contributed by atoms with Gasteiger partial charge in [0.25, 0.3) is 0 Å². The molecule has 1 aromatic heterocycles. The summed E-state index contributed by atoms with van der Waals surface area (Å²) in [6, 6.07) is 4.35. The Morgan fingerprint density at radius 2 is 2.28 bits per heavy atom. The van der Waals surface area contributed by atoms with Gasteiger partial charge in [-0.3, -0.25) is 0 Å². The minimum absolute atomic E-state index is 0.00419. The molecule has 1 unspecified atom stereocenters. The van der Waals surface area contributed by atoms with Crippen molar-refractivity contribution in [2.75, 3.05) is 6.54 Å². The molecular formula is C12H13BrFN3O. The van der Waals surface area contributed by atoms with Gasteiger partial charge in [0.2, 0.25) is 11.7 Å². The van der Waals surface area contributed by atoms with Crippen LogP contribution in [0.3, 0.4) is 0 Å². The highest BCUT2D eigenvalue weighted by atomic mass is 79.9. The molecule has 0 saturated carbocycles. The van der Waals surface area contributed by atoms with E-state index in [1.54, 1.807) is 6.07 Å². The maximum absolute atomic E-state index is 13.0. The van der Waals surface area contributed by atoms with E-state index in [-0.39, 0.29) is 11.9 Å². The summed E-state index contributed by atoms with van der Waals surface area (Å²) in [7, 11) is 0. The molecule has 0 fully saturated rings. The second-order valence-electron chi connectivity index (χ2n) is 3.86. The molecule has 0 aliphatic heterocycles. The summed E-state index contributed by atoms with van der Waals surface area (Å²) in [5.74, 6) is 0.653. The highest BCUT2D eigenvalue weighted by molar-refractivity contribution is 9.10. The van der Waals surface area contributed by atoms with Gasteiger partial charge in [0.05, 0.1) is 6.04 Å². The molecule has 0 saturated heterocycles. The molecule has 1 heterocycles. The summed E-state index contributed by atoms with van der Waals surface area (Å²) in [4.78, 5) is 4.30. The standard InChI is InChI=1S/C12H13BrFN3O/c1-3-15-7(2)12-16-11(17-18-12)9-5-4-8(14)6-10(9)13/h4-7,15H,3H2,1-2H3. The molecular weight excluding hydrogens is 301 g/mol. The van der Waals surface area contributed by atoms with Crippen LogP contribution in [0.15, 0.2) is 27.2 Å². The van der Waals surface area contributed by atoms with Crippen LogP contribution in [0.2, 0.25) is 0 Å². The first-order valence-electron chi connectivity index (χ1n) is 5.64. The molecule has 0 amide bonds. The Morgan fingerprint density at radius 1 is 1.50 bits per heavy atom. The van der Waals surface area contributed by atoms with Gasteiger partial charge < -0.3 is 9.84 Å². The first-order valence-corrected chi connectivity index (χ1v) is 6.43. The van der Waals surface area contributed by atoms with E-state index in [1.807, 2.05) is 13.8 Å². The Kier molecular flexibility index (Phi) is 4.08. The van der Waals surface area contributed by atoms with Crippen molar-refractivity contribution in [1.29, 1.82) is 0 Å². The predicted molar refractivity (Wildman–Crippen MR) is 69.5 cm³/mol. The van der Waals surface area contributed by atoms with Gasteiger partial charge in [-0.2, -0.15) is 4.98 Å². The van der Waals surface area contributed by atoms with Gasteiger partial charge in [0.1, 0.15) is 5.82 Å². The van der Waals surface area contributed by atoms with Gasteiger partial charge in [-0.1, -0.05) is 12.1 Å². The Balaban J connectivity index is 2.29. The summed E-state index contributed by atoms with van der Waals surface area (Å²) in [5, 5.41) is 7.08. The summed E-state index contributed by atoms with van der Waals surface area (Å²) >= 11 is 3.28. The SMILES string of the molecule is CCNC(C)c1nc(-c2ccc(F)cc2Br)no1. The molecule has 18 heavy (non-hydrogen) atoms. The van der Waals surface area contributed by atoms with Crippen molar-refractivity contribution in [1.82, 2.24) is 15.5 Å². The second kappa shape index (κ2) is 5.58. The van der Waals surface area contributed by atoms with E-state index >= 15 is 0 Å². The summed E-state index contributed by atoms with van der Waals surface area (Å²) in [6.45, 7) is 4.77. The smallest absolute Gasteiger partial charge is 0.243 e. The van der Waals surface area contributed by atoms with Crippen LogP contribution in [0.5, 0.6) is 0 Å². The molecule has 96 valence electrons. The first-order chi connectivity index (χ1) is 8.61. The maximum Gasteiger partial charge on any atom is 0.243 e. The maximum atomic E-state index is 13.0. The topological polar surface area (TPSA) is 51.0 Å². The van der Waals surface area contributed by atoms with Gasteiger partial charge in [-0.25, -0.2) is 4.39 Å². The van der Waals surface area contributed by atoms with Crippen LogP contribution in [0.1, 0.15) is 25.8 Å². The molecule has 0 spiro atoms. The highest BCUT2D eigenvalue weighted by Crippen LogP contribution is 2.27. The molecule has 0 bridgehead atoms. The minimum atomic E-state index is -0.310. The van der Waals surface area contributed by atoms with Crippen LogP contribution in [-0.2, 0) is 0 Å². The van der Waals surface area contributed by atoms with E-state index in [0.29, 0.717) is 21.8 Å². The molecule has 0 radical (unpaired) electrons. The number of nitrogens with zero attached hydrogens (tertiary/aromatic N) is 2. The molecule has 2 aromatic rings. The zero-order chi connectivity index (χ0) is 13.1. The Morgan fingerprint density at radius 3 is 2.94 bits per heavy atom. The fourth-order valence-corrected chi connectivity index (χ4v) is 2.11. The molecule has 1 aromatic carbocycles. The molecule has 2 rings (SSSR count). The third kappa shape index (κ3) is 2.76. The summed E-state index contributed by atoms with van der Waals surface area (Å²) < 4.78 is 18.8. The number of hydrogen-bond donors (Lipinski definition) is 1. The second-order valence-corrected chi connectivity index (χ2v) is 4.71. The van der Waals surface area contributed by atoms with E-state index in [1.165, 1.54) is 12.1 Å². The molecule has 0 aliphatic rings. The Bertz CT molecular complexity index is 544. The molecule has 6 heteroatoms. The lowest BCUT2D eigenvalue weighted by atomic mass is 10.2. The van der Waals surface area contributed by atoms with E-state index in [9.17, 15) is 4.39 Å². The van der Waals surface area contributed by atoms with Crippen molar-refractivity contribution in [3.63, 3.8) is 0 Å². The van der Waals surface area contributed by atoms with Crippen molar-refractivity contribution in [2.45, 2.75) is 19.9 Å². The third-order valence-corrected chi connectivity index (χ3v) is 3.15. The Labute approximate surface area is 113 Å². The lowest BCUT2D eigenvalue weighted by molar-refractivity contribution is 0.342. The fourth-order valence-electron chi connectivity index (χ4n) is 1.58. The summed E-state index contributed by atoms with van der Waals surface area (Å²) in [5.41, 5.74) is 0.704. The van der Waals surface area contributed by atoms with Gasteiger partial charge >= 0.3 is 0 Å². The van der Waals surface area contributed by atoms with Gasteiger partial charge in [-0.15, -0.1) is 0 Å². The number of benzene rings is 1. The van der Waals surface area contributed by atoms with Crippen LogP contribution < -0.4 is 5.32 Å². The van der Waals surface area contributed by atoms with Crippen molar-refractivity contribution in [3.05, 3.63) is 34.4 Å². The largest absolute Gasteiger partial charge is 0.337 e. The first kappa shape index (κ1) is 13.2. The van der Waals surface area contributed by atoms with Crippen LogP contribution in [0, 0.1) is 5.82 Å². The van der Waals surface area contributed by atoms with Gasteiger partial charge in [0, 0.05) is 10.0 Å². The van der Waals surface area contributed by atoms with E-state index < -0.39 is 0 Å². The number of aromatic nitrogens is 2. The molecule has 1 N–H and O–H groups in total. The highest BCUT2D eigenvalue weighted by Gasteiger charge is 2.15. The molecule has 1 atom stereocenters. The third-order valence-electron chi connectivity index (χ3n) is 2.49. The lowest BCUT2D eigenvalue weighted by Gasteiger charge is -2.05. The van der Waals surface area contributed by atoms with Crippen LogP contribution in [-0.4, -0.2) is 16.7 Å². The average Bonchev–Trinajstić information content (AvgIpc) is 2.78. The fraction of sp³-hybridized carbons (Fsp3) is 0.333. The lowest BCUT2D eigenvalue weighted by Crippen LogP contribution is -2.17.